The molecule has 8 nitrogen and oxygen atoms in total. The number of benzene rings is 1. The topological polar surface area (TPSA) is 110 Å². The highest BCUT2D eigenvalue weighted by molar-refractivity contribution is 7.90. The normalized spacial score (nSPS) is 16.2. The van der Waals surface area contributed by atoms with Crippen LogP contribution in [0.15, 0.2) is 29.2 Å². The number of nitrogens with zero attached hydrogens (tertiary/aromatic N) is 1. The zero-order valence-corrected chi connectivity index (χ0v) is 14.8. The lowest BCUT2D eigenvalue weighted by Gasteiger charge is -2.15. The first-order valence-corrected chi connectivity index (χ1v) is 9.32. The third-order valence-corrected chi connectivity index (χ3v) is 5.47. The van der Waals surface area contributed by atoms with Crippen LogP contribution in [0.5, 0.6) is 0 Å². The first-order chi connectivity index (χ1) is 11.8. The summed E-state index contributed by atoms with van der Waals surface area (Å²) in [4.78, 5) is 35.5. The SMILES string of the molecule is CCC[C@@H](C)NC(=O)COC(=O)CN1C(=O)c2ccccc2S1(=O)=O. The number of hydrogen-bond acceptors (Lipinski definition) is 6. The van der Waals surface area contributed by atoms with Crippen molar-refractivity contribution in [1.82, 2.24) is 9.62 Å². The van der Waals surface area contributed by atoms with E-state index in [0.717, 1.165) is 12.8 Å². The summed E-state index contributed by atoms with van der Waals surface area (Å²) in [6.07, 6.45) is 1.69. The second-order valence-corrected chi connectivity index (χ2v) is 7.56. The molecule has 25 heavy (non-hydrogen) atoms. The van der Waals surface area contributed by atoms with Gasteiger partial charge in [-0.2, -0.15) is 0 Å². The quantitative estimate of drug-likeness (QED) is 0.709. The second-order valence-electron chi connectivity index (χ2n) is 5.73. The molecule has 1 aromatic carbocycles. The minimum atomic E-state index is -4.07. The Morgan fingerprint density at radius 1 is 1.28 bits per heavy atom. The number of amides is 2. The molecule has 1 N–H and O–H groups in total. The summed E-state index contributed by atoms with van der Waals surface area (Å²) in [5.74, 6) is -2.23. The first-order valence-electron chi connectivity index (χ1n) is 7.88. The predicted octanol–water partition coefficient (Wildman–Crippen LogP) is 0.679. The number of carbonyl (C=O) groups is 3. The van der Waals surface area contributed by atoms with Crippen LogP contribution in [-0.2, 0) is 24.3 Å². The van der Waals surface area contributed by atoms with Crippen LogP contribution >= 0.6 is 0 Å². The van der Waals surface area contributed by atoms with Crippen molar-refractivity contribution in [2.24, 2.45) is 0 Å². The average molecular weight is 368 g/mol. The standard InChI is InChI=1S/C16H20N2O6S/c1-3-6-11(2)17-14(19)10-24-15(20)9-18-16(21)12-7-4-5-8-13(12)25(18,22)23/h4-5,7-8,11H,3,6,9-10H2,1-2H3,(H,17,19)/t11-/m1/s1. The van der Waals surface area contributed by atoms with Crippen molar-refractivity contribution >= 4 is 27.8 Å². The molecule has 0 aliphatic carbocycles. The van der Waals surface area contributed by atoms with Crippen molar-refractivity contribution in [2.75, 3.05) is 13.2 Å². The summed E-state index contributed by atoms with van der Waals surface area (Å²) in [7, 11) is -4.07. The van der Waals surface area contributed by atoms with E-state index < -0.39 is 41.0 Å². The molecule has 1 aliphatic rings. The molecule has 1 heterocycles. The molecule has 1 aromatic rings. The number of esters is 1. The van der Waals surface area contributed by atoms with Crippen LogP contribution in [0.1, 0.15) is 37.0 Å². The van der Waals surface area contributed by atoms with Crippen LogP contribution in [-0.4, -0.2) is 49.7 Å². The van der Waals surface area contributed by atoms with Gasteiger partial charge in [0.1, 0.15) is 11.4 Å². The van der Waals surface area contributed by atoms with E-state index in [1.165, 1.54) is 24.3 Å². The second kappa shape index (κ2) is 7.64. The Labute approximate surface area is 146 Å². The van der Waals surface area contributed by atoms with E-state index in [9.17, 15) is 22.8 Å². The third-order valence-electron chi connectivity index (χ3n) is 3.68. The molecule has 0 fully saturated rings. The van der Waals surface area contributed by atoms with Crippen LogP contribution < -0.4 is 5.32 Å². The highest BCUT2D eigenvalue weighted by Gasteiger charge is 2.42. The van der Waals surface area contributed by atoms with Crippen molar-refractivity contribution in [3.05, 3.63) is 29.8 Å². The predicted molar refractivity (Wildman–Crippen MR) is 88.1 cm³/mol. The van der Waals surface area contributed by atoms with Gasteiger partial charge in [0, 0.05) is 6.04 Å². The third kappa shape index (κ3) is 4.16. The largest absolute Gasteiger partial charge is 0.454 e. The monoisotopic (exact) mass is 368 g/mol. The summed E-state index contributed by atoms with van der Waals surface area (Å²) in [6.45, 7) is 2.51. The molecule has 2 amide bonds. The molecule has 0 spiro atoms. The average Bonchev–Trinajstić information content (AvgIpc) is 2.75. The maximum atomic E-state index is 12.3. The zero-order chi connectivity index (χ0) is 18.6. The van der Waals surface area contributed by atoms with Crippen LogP contribution in [0, 0.1) is 0 Å². The number of ether oxygens (including phenoxy) is 1. The molecule has 9 heteroatoms. The van der Waals surface area contributed by atoms with E-state index in [-0.39, 0.29) is 16.5 Å². The lowest BCUT2D eigenvalue weighted by atomic mass is 10.2. The van der Waals surface area contributed by atoms with E-state index >= 15 is 0 Å². The van der Waals surface area contributed by atoms with Gasteiger partial charge < -0.3 is 10.1 Å². The van der Waals surface area contributed by atoms with Crippen molar-refractivity contribution in [3.8, 4) is 0 Å². The maximum Gasteiger partial charge on any atom is 0.327 e. The van der Waals surface area contributed by atoms with Gasteiger partial charge in [-0.15, -0.1) is 0 Å². The Balaban J connectivity index is 1.94. The molecule has 136 valence electrons. The summed E-state index contributed by atoms with van der Waals surface area (Å²) in [5, 5.41) is 2.65. The van der Waals surface area contributed by atoms with Crippen LogP contribution in [0.2, 0.25) is 0 Å². The minimum Gasteiger partial charge on any atom is -0.454 e. The van der Waals surface area contributed by atoms with Gasteiger partial charge >= 0.3 is 5.97 Å². The molecule has 0 aromatic heterocycles. The molecule has 0 saturated heterocycles. The van der Waals surface area contributed by atoms with Crippen LogP contribution in [0.3, 0.4) is 0 Å². The minimum absolute atomic E-state index is 0.0152. The smallest absolute Gasteiger partial charge is 0.327 e. The van der Waals surface area contributed by atoms with Gasteiger partial charge in [-0.25, -0.2) is 12.7 Å². The molecule has 2 rings (SSSR count). The van der Waals surface area contributed by atoms with Crippen molar-refractivity contribution < 1.29 is 27.5 Å². The lowest BCUT2D eigenvalue weighted by molar-refractivity contribution is -0.148. The fraction of sp³-hybridized carbons (Fsp3) is 0.438. The van der Waals surface area contributed by atoms with Gasteiger partial charge in [0.25, 0.3) is 21.8 Å². The number of carbonyl (C=O) groups excluding carboxylic acids is 3. The van der Waals surface area contributed by atoms with E-state index in [2.05, 4.69) is 5.32 Å². The lowest BCUT2D eigenvalue weighted by Crippen LogP contribution is -2.39. The molecule has 0 radical (unpaired) electrons. The maximum absolute atomic E-state index is 12.3. The molecular formula is C16H20N2O6S. The Kier molecular flexibility index (Phi) is 5.78. The first kappa shape index (κ1) is 18.9. The molecular weight excluding hydrogens is 348 g/mol. The summed E-state index contributed by atoms with van der Waals surface area (Å²) in [5.41, 5.74) is 0.0152. The van der Waals surface area contributed by atoms with Gasteiger partial charge in [0.05, 0.1) is 5.56 Å². The summed E-state index contributed by atoms with van der Waals surface area (Å²) >= 11 is 0. The zero-order valence-electron chi connectivity index (χ0n) is 14.0. The van der Waals surface area contributed by atoms with E-state index in [0.29, 0.717) is 4.31 Å². The van der Waals surface area contributed by atoms with Crippen molar-refractivity contribution in [2.45, 2.75) is 37.6 Å². The number of sulfonamides is 1. The van der Waals surface area contributed by atoms with E-state index in [4.69, 9.17) is 4.74 Å². The van der Waals surface area contributed by atoms with E-state index in [1.807, 2.05) is 13.8 Å². The molecule has 0 saturated carbocycles. The highest BCUT2D eigenvalue weighted by atomic mass is 32.2. The van der Waals surface area contributed by atoms with Crippen molar-refractivity contribution in [3.63, 3.8) is 0 Å². The highest BCUT2D eigenvalue weighted by Crippen LogP contribution is 2.29. The fourth-order valence-electron chi connectivity index (χ4n) is 2.52. The van der Waals surface area contributed by atoms with Crippen molar-refractivity contribution in [1.29, 1.82) is 0 Å². The van der Waals surface area contributed by atoms with Gasteiger partial charge in [0.2, 0.25) is 0 Å². The van der Waals surface area contributed by atoms with Gasteiger partial charge in [0.15, 0.2) is 6.61 Å². The van der Waals surface area contributed by atoms with Gasteiger partial charge in [-0.1, -0.05) is 25.5 Å². The van der Waals surface area contributed by atoms with Crippen LogP contribution in [0.25, 0.3) is 0 Å². The Hall–Kier alpha value is -2.42. The summed E-state index contributed by atoms with van der Waals surface area (Å²) in [6, 6.07) is 5.66. The van der Waals surface area contributed by atoms with E-state index in [1.54, 1.807) is 0 Å². The number of nitrogens with one attached hydrogen (secondary N) is 1. The molecule has 1 aliphatic heterocycles. The van der Waals surface area contributed by atoms with Gasteiger partial charge in [-0.05, 0) is 25.5 Å². The summed E-state index contributed by atoms with van der Waals surface area (Å²) < 4.78 is 29.8. The Bertz CT molecular complexity index is 790. The molecule has 0 unspecified atom stereocenters. The number of rotatable bonds is 7. The fourth-order valence-corrected chi connectivity index (χ4v) is 4.03. The Morgan fingerprint density at radius 3 is 2.60 bits per heavy atom. The molecule has 0 bridgehead atoms. The number of hydrogen-bond donors (Lipinski definition) is 1. The van der Waals surface area contributed by atoms with Gasteiger partial charge in [-0.3, -0.25) is 14.4 Å². The molecule has 1 atom stereocenters. The number of fused-ring (bicyclic) bond motifs is 1. The Morgan fingerprint density at radius 2 is 1.96 bits per heavy atom. The van der Waals surface area contributed by atoms with Crippen LogP contribution in [0.4, 0.5) is 0 Å².